The molecule has 0 aromatic heterocycles. The third kappa shape index (κ3) is 13.3. The molecule has 0 saturated carbocycles. The topological polar surface area (TPSA) is 84.5 Å². The van der Waals surface area contributed by atoms with Crippen LogP contribution in [0.5, 0.6) is 0 Å². The molecule has 6 nitrogen and oxygen atoms in total. The molecule has 0 aliphatic heterocycles. The molecular weight excluding hydrogens is 344 g/mol. The van der Waals surface area contributed by atoms with E-state index in [4.69, 9.17) is 4.74 Å². The normalized spacial score (nSPS) is 13.3. The molecule has 128 valence electrons. The van der Waals surface area contributed by atoms with Crippen LogP contribution in [0.4, 0.5) is 0 Å². The van der Waals surface area contributed by atoms with Gasteiger partial charge in [0.2, 0.25) is 11.8 Å². The smallest absolute Gasteiger partial charge is 0.246 e. The van der Waals surface area contributed by atoms with Gasteiger partial charge in [-0.15, -0.1) is 0 Å². The van der Waals surface area contributed by atoms with Crippen LogP contribution < -0.4 is 10.6 Å². The van der Waals surface area contributed by atoms with Crippen LogP contribution in [0.25, 0.3) is 0 Å². The van der Waals surface area contributed by atoms with Gasteiger partial charge in [0.25, 0.3) is 0 Å². The van der Waals surface area contributed by atoms with Gasteiger partial charge >= 0.3 is 0 Å². The van der Waals surface area contributed by atoms with Crippen LogP contribution in [0, 0.1) is 0 Å². The highest BCUT2D eigenvalue weighted by molar-refractivity contribution is 7.82. The number of nitrogens with one attached hydrogen (secondary N) is 2. The average molecular weight is 369 g/mol. The maximum atomic E-state index is 11.6. The van der Waals surface area contributed by atoms with Crippen LogP contribution >= 0.6 is 37.9 Å². The van der Waals surface area contributed by atoms with Crippen molar-refractivity contribution in [3.8, 4) is 0 Å². The van der Waals surface area contributed by atoms with Crippen LogP contribution in [0.3, 0.4) is 0 Å². The lowest BCUT2D eigenvalue weighted by molar-refractivity contribution is -0.131. The van der Waals surface area contributed by atoms with Crippen LogP contribution in [0.2, 0.25) is 0 Å². The number of ketones is 1. The minimum Gasteiger partial charge on any atom is -0.364 e. The Balaban J connectivity index is 3.72. The Kier molecular flexibility index (Phi) is 12.9. The largest absolute Gasteiger partial charge is 0.364 e. The van der Waals surface area contributed by atoms with Crippen molar-refractivity contribution in [2.75, 3.05) is 32.1 Å². The molecule has 2 amide bonds. The summed E-state index contributed by atoms with van der Waals surface area (Å²) in [5.74, 6) is -0.142. The van der Waals surface area contributed by atoms with E-state index in [1.165, 1.54) is 6.92 Å². The van der Waals surface area contributed by atoms with Gasteiger partial charge in [0.05, 0.1) is 6.54 Å². The van der Waals surface area contributed by atoms with Gasteiger partial charge in [0.15, 0.2) is 5.78 Å². The molecule has 0 aliphatic carbocycles. The number of thiol groups is 3. The number of carbonyl (C=O) groups is 3. The Bertz CT molecular complexity index is 369. The summed E-state index contributed by atoms with van der Waals surface area (Å²) in [6.07, 6.45) is 1.64. The lowest BCUT2D eigenvalue weighted by atomic mass is 10.2. The van der Waals surface area contributed by atoms with E-state index in [1.807, 2.05) is 0 Å². The minimum absolute atomic E-state index is 0.000866. The van der Waals surface area contributed by atoms with E-state index in [0.717, 1.165) is 18.6 Å². The van der Waals surface area contributed by atoms with Crippen LogP contribution in [0.15, 0.2) is 0 Å². The van der Waals surface area contributed by atoms with Crippen molar-refractivity contribution in [1.82, 2.24) is 10.6 Å². The molecule has 0 spiro atoms. The van der Waals surface area contributed by atoms with Crippen molar-refractivity contribution in [1.29, 1.82) is 0 Å². The standard InChI is InChI=1S/C13H24N2O4S3/c1-9(16)7-19-8-13(18)15-6-12(17)14-5-11(22)4-10(21)2-3-20/h10-11,20-22H,2-8H2,1H3,(H,14,17)(H,15,18). The SMILES string of the molecule is CC(=O)COCC(=O)NCC(=O)NCC(S)CC(S)CCS. The molecule has 9 heteroatoms. The quantitative estimate of drug-likeness (QED) is 0.317. The Morgan fingerprint density at radius 3 is 2.32 bits per heavy atom. The van der Waals surface area contributed by atoms with E-state index in [-0.39, 0.29) is 41.9 Å². The van der Waals surface area contributed by atoms with Crippen molar-refractivity contribution in [2.24, 2.45) is 0 Å². The number of rotatable bonds is 12. The number of hydrogen-bond acceptors (Lipinski definition) is 7. The van der Waals surface area contributed by atoms with Gasteiger partial charge in [-0.2, -0.15) is 37.9 Å². The molecule has 0 saturated heterocycles. The zero-order chi connectivity index (χ0) is 17.0. The van der Waals surface area contributed by atoms with E-state index >= 15 is 0 Å². The second-order valence-electron chi connectivity index (χ2n) is 4.83. The molecule has 2 atom stereocenters. The van der Waals surface area contributed by atoms with Gasteiger partial charge in [-0.25, -0.2) is 0 Å². The number of hydrogen-bond donors (Lipinski definition) is 5. The molecule has 0 aliphatic rings. The van der Waals surface area contributed by atoms with Crippen molar-refractivity contribution in [3.63, 3.8) is 0 Å². The van der Waals surface area contributed by atoms with Crippen molar-refractivity contribution < 1.29 is 19.1 Å². The summed E-state index contributed by atoms with van der Waals surface area (Å²) in [7, 11) is 0. The summed E-state index contributed by atoms with van der Waals surface area (Å²) in [4.78, 5) is 33.5. The molecule has 2 unspecified atom stereocenters. The monoisotopic (exact) mass is 368 g/mol. The third-order valence-electron chi connectivity index (χ3n) is 2.53. The van der Waals surface area contributed by atoms with E-state index < -0.39 is 5.91 Å². The van der Waals surface area contributed by atoms with Crippen LogP contribution in [0.1, 0.15) is 19.8 Å². The first-order valence-corrected chi connectivity index (χ1v) is 8.59. The second-order valence-corrected chi connectivity index (χ2v) is 6.74. The van der Waals surface area contributed by atoms with Crippen molar-refractivity contribution in [2.45, 2.75) is 30.3 Å². The first-order chi connectivity index (χ1) is 10.3. The van der Waals surface area contributed by atoms with E-state index in [0.29, 0.717) is 6.54 Å². The summed E-state index contributed by atoms with van der Waals surface area (Å²) in [5, 5.41) is 5.29. The van der Waals surface area contributed by atoms with Crippen LogP contribution in [-0.4, -0.2) is 60.2 Å². The van der Waals surface area contributed by atoms with Gasteiger partial charge in [-0.1, -0.05) is 0 Å². The number of carbonyl (C=O) groups excluding carboxylic acids is 3. The Hall–Kier alpha value is -0.380. The van der Waals surface area contributed by atoms with Crippen molar-refractivity contribution >= 4 is 55.5 Å². The van der Waals surface area contributed by atoms with Gasteiger partial charge in [0, 0.05) is 17.0 Å². The van der Waals surface area contributed by atoms with E-state index in [1.54, 1.807) is 0 Å². The zero-order valence-corrected chi connectivity index (χ0v) is 15.3. The summed E-state index contributed by atoms with van der Waals surface area (Å²) in [6, 6.07) is 0. The maximum Gasteiger partial charge on any atom is 0.246 e. The fourth-order valence-corrected chi connectivity index (χ4v) is 2.89. The summed E-state index contributed by atoms with van der Waals surface area (Å²) >= 11 is 12.9. The lowest BCUT2D eigenvalue weighted by Gasteiger charge is -2.16. The molecule has 0 aromatic carbocycles. The minimum atomic E-state index is -0.442. The first-order valence-electron chi connectivity index (χ1n) is 6.92. The van der Waals surface area contributed by atoms with Gasteiger partial charge in [-0.05, 0) is 25.5 Å². The molecule has 0 fully saturated rings. The summed E-state index contributed by atoms with van der Waals surface area (Å²) in [6.45, 7) is 1.28. The molecule has 0 bridgehead atoms. The number of amides is 2. The summed E-state index contributed by atoms with van der Waals surface area (Å²) in [5.41, 5.74) is 0. The fourth-order valence-electron chi connectivity index (χ4n) is 1.48. The second kappa shape index (κ2) is 13.1. The van der Waals surface area contributed by atoms with Crippen LogP contribution in [-0.2, 0) is 19.1 Å². The highest BCUT2D eigenvalue weighted by Gasteiger charge is 2.12. The molecule has 22 heavy (non-hydrogen) atoms. The van der Waals surface area contributed by atoms with Gasteiger partial charge in [-0.3, -0.25) is 14.4 Å². The Morgan fingerprint density at radius 1 is 1.05 bits per heavy atom. The molecule has 0 rings (SSSR count). The average Bonchev–Trinajstić information content (AvgIpc) is 2.42. The molecule has 2 N–H and O–H groups in total. The fraction of sp³-hybridized carbons (Fsp3) is 0.769. The predicted molar refractivity (Wildman–Crippen MR) is 96.2 cm³/mol. The van der Waals surface area contributed by atoms with E-state index in [9.17, 15) is 14.4 Å². The van der Waals surface area contributed by atoms with Gasteiger partial charge in [0.1, 0.15) is 13.2 Å². The van der Waals surface area contributed by atoms with Gasteiger partial charge < -0.3 is 15.4 Å². The molecule has 0 aromatic rings. The predicted octanol–water partition coefficient (Wildman–Crippen LogP) is 0.131. The first kappa shape index (κ1) is 21.6. The Morgan fingerprint density at radius 2 is 1.73 bits per heavy atom. The molecular formula is C13H24N2O4S3. The number of Topliss-reactive ketones (excluding diaryl/α,β-unsaturated/α-hetero) is 1. The highest BCUT2D eigenvalue weighted by atomic mass is 32.1. The number of ether oxygens (including phenoxy) is 1. The highest BCUT2D eigenvalue weighted by Crippen LogP contribution is 2.13. The summed E-state index contributed by atoms with van der Waals surface area (Å²) < 4.78 is 4.83. The maximum absolute atomic E-state index is 11.6. The van der Waals surface area contributed by atoms with Crippen molar-refractivity contribution in [3.05, 3.63) is 0 Å². The third-order valence-corrected chi connectivity index (χ3v) is 3.65. The molecule has 0 heterocycles. The molecule has 0 radical (unpaired) electrons. The lowest BCUT2D eigenvalue weighted by Crippen LogP contribution is -2.40. The van der Waals surface area contributed by atoms with E-state index in [2.05, 4.69) is 48.5 Å². The Labute approximate surface area is 147 Å². The zero-order valence-electron chi connectivity index (χ0n) is 12.6.